The summed E-state index contributed by atoms with van der Waals surface area (Å²) in [5.74, 6) is 1.46. The maximum absolute atomic E-state index is 11.8. The van der Waals surface area contributed by atoms with E-state index >= 15 is 0 Å². The Balaban J connectivity index is 1.65. The van der Waals surface area contributed by atoms with Gasteiger partial charge in [-0.05, 0) is 42.8 Å². The minimum absolute atomic E-state index is 0.268. The molecule has 7 heteroatoms. The van der Waals surface area contributed by atoms with Gasteiger partial charge >= 0.3 is 5.69 Å². The summed E-state index contributed by atoms with van der Waals surface area (Å²) in [6, 6.07) is 8.55. The van der Waals surface area contributed by atoms with Gasteiger partial charge in [-0.3, -0.25) is 14.3 Å². The highest BCUT2D eigenvalue weighted by Crippen LogP contribution is 2.26. The number of benzene rings is 1. The first-order valence-corrected chi connectivity index (χ1v) is 7.49. The molecule has 7 nitrogen and oxygen atoms in total. The molecule has 2 atom stereocenters. The minimum atomic E-state index is -0.557. The van der Waals surface area contributed by atoms with Crippen molar-refractivity contribution in [3.63, 3.8) is 0 Å². The first-order chi connectivity index (χ1) is 11.6. The van der Waals surface area contributed by atoms with Gasteiger partial charge < -0.3 is 14.2 Å². The summed E-state index contributed by atoms with van der Waals surface area (Å²) in [6.45, 7) is 2.24. The van der Waals surface area contributed by atoms with Gasteiger partial charge in [0.2, 0.25) is 0 Å². The third kappa shape index (κ3) is 3.41. The van der Waals surface area contributed by atoms with Crippen molar-refractivity contribution in [2.45, 2.75) is 19.3 Å². The Morgan fingerprint density at radius 2 is 1.88 bits per heavy atom. The molecule has 1 aliphatic rings. The van der Waals surface area contributed by atoms with E-state index in [1.807, 2.05) is 37.3 Å². The summed E-state index contributed by atoms with van der Waals surface area (Å²) in [7, 11) is 1.61. The van der Waals surface area contributed by atoms with Crippen molar-refractivity contribution in [3.05, 3.63) is 69.0 Å². The number of nitrogens with zero attached hydrogens (tertiary/aromatic N) is 1. The van der Waals surface area contributed by atoms with Crippen molar-refractivity contribution in [1.29, 1.82) is 0 Å². The second kappa shape index (κ2) is 6.76. The van der Waals surface area contributed by atoms with Gasteiger partial charge in [0, 0.05) is 12.3 Å². The lowest BCUT2D eigenvalue weighted by molar-refractivity contribution is -0.00883. The highest BCUT2D eigenvalue weighted by atomic mass is 16.6. The zero-order valence-corrected chi connectivity index (χ0v) is 13.4. The molecule has 2 aromatic rings. The molecule has 0 spiro atoms. The molecule has 1 aliphatic heterocycles. The van der Waals surface area contributed by atoms with E-state index in [4.69, 9.17) is 14.2 Å². The lowest BCUT2D eigenvalue weighted by Gasteiger charge is -2.17. The van der Waals surface area contributed by atoms with Crippen LogP contribution in [0.4, 0.5) is 0 Å². The number of ether oxygens (including phenoxy) is 3. The fourth-order valence-corrected chi connectivity index (χ4v) is 2.44. The summed E-state index contributed by atoms with van der Waals surface area (Å²) >= 11 is 0. The monoisotopic (exact) mass is 330 g/mol. The Kier molecular flexibility index (Phi) is 4.52. The molecule has 0 aliphatic carbocycles. The molecule has 3 rings (SSSR count). The lowest BCUT2D eigenvalue weighted by Crippen LogP contribution is -2.32. The van der Waals surface area contributed by atoms with Crippen molar-refractivity contribution < 1.29 is 14.2 Å². The molecule has 126 valence electrons. The number of aromatic nitrogens is 2. The van der Waals surface area contributed by atoms with Crippen LogP contribution in [0.15, 0.2) is 57.8 Å². The fraction of sp³-hybridized carbons (Fsp3) is 0.294. The largest absolute Gasteiger partial charge is 0.497 e. The van der Waals surface area contributed by atoms with Crippen LogP contribution in [0, 0.1) is 0 Å². The Morgan fingerprint density at radius 1 is 1.17 bits per heavy atom. The second-order valence-corrected chi connectivity index (χ2v) is 5.43. The van der Waals surface area contributed by atoms with E-state index in [9.17, 15) is 9.59 Å². The topological polar surface area (TPSA) is 82.6 Å². The number of methoxy groups -OCH3 is 1. The van der Waals surface area contributed by atoms with E-state index in [0.717, 1.165) is 11.3 Å². The number of H-pyrrole nitrogens is 1. The highest BCUT2D eigenvalue weighted by molar-refractivity contribution is 5.31. The lowest BCUT2D eigenvalue weighted by atomic mass is 10.2. The minimum Gasteiger partial charge on any atom is -0.497 e. The Morgan fingerprint density at radius 3 is 2.54 bits per heavy atom. The predicted molar refractivity (Wildman–Crippen MR) is 87.5 cm³/mol. The number of aromatic amines is 1. The van der Waals surface area contributed by atoms with Crippen molar-refractivity contribution in [1.82, 2.24) is 9.55 Å². The third-order valence-corrected chi connectivity index (χ3v) is 3.80. The molecule has 0 saturated heterocycles. The van der Waals surface area contributed by atoms with Crippen molar-refractivity contribution in [2.75, 3.05) is 13.7 Å². The molecule has 0 amide bonds. The van der Waals surface area contributed by atoms with E-state index < -0.39 is 17.5 Å². The van der Waals surface area contributed by atoms with Gasteiger partial charge in [0.25, 0.3) is 5.56 Å². The zero-order chi connectivity index (χ0) is 17.1. The Hall–Kier alpha value is -2.80. The van der Waals surface area contributed by atoms with Crippen LogP contribution in [0.2, 0.25) is 0 Å². The SMILES string of the molecule is COc1ccc(OC[C@H]2O[C@@H](n3ccc(=O)[nH]c3=O)C=C2C)cc1. The van der Waals surface area contributed by atoms with Crippen molar-refractivity contribution in [3.8, 4) is 11.5 Å². The van der Waals surface area contributed by atoms with Gasteiger partial charge in [-0.25, -0.2) is 4.79 Å². The molecule has 1 N–H and O–H groups in total. The number of nitrogens with one attached hydrogen (secondary N) is 1. The molecule has 0 unspecified atom stereocenters. The van der Waals surface area contributed by atoms with E-state index in [1.165, 1.54) is 16.8 Å². The summed E-state index contributed by atoms with van der Waals surface area (Å²) < 4.78 is 18.0. The van der Waals surface area contributed by atoms with E-state index in [0.29, 0.717) is 12.4 Å². The molecular weight excluding hydrogens is 312 g/mol. The Labute approximate surface area is 138 Å². The Bertz CT molecular complexity index is 850. The first-order valence-electron chi connectivity index (χ1n) is 7.49. The second-order valence-electron chi connectivity index (χ2n) is 5.43. The number of hydrogen-bond donors (Lipinski definition) is 1. The van der Waals surface area contributed by atoms with Crippen LogP contribution >= 0.6 is 0 Å². The van der Waals surface area contributed by atoms with Crippen LogP contribution in [0.5, 0.6) is 11.5 Å². The van der Waals surface area contributed by atoms with Gasteiger partial charge in [0.05, 0.1) is 7.11 Å². The van der Waals surface area contributed by atoms with Crippen LogP contribution in [0.1, 0.15) is 13.2 Å². The highest BCUT2D eigenvalue weighted by Gasteiger charge is 2.26. The third-order valence-electron chi connectivity index (χ3n) is 3.80. The van der Waals surface area contributed by atoms with Crippen LogP contribution in [-0.2, 0) is 4.74 Å². The van der Waals surface area contributed by atoms with Gasteiger partial charge in [-0.1, -0.05) is 0 Å². The zero-order valence-electron chi connectivity index (χ0n) is 13.4. The molecule has 0 radical (unpaired) electrons. The maximum atomic E-state index is 11.8. The van der Waals surface area contributed by atoms with Crippen molar-refractivity contribution in [2.24, 2.45) is 0 Å². The molecule has 0 fully saturated rings. The summed E-state index contributed by atoms with van der Waals surface area (Å²) in [5, 5.41) is 0. The molecule has 0 saturated carbocycles. The van der Waals surface area contributed by atoms with E-state index in [1.54, 1.807) is 7.11 Å². The quantitative estimate of drug-likeness (QED) is 0.840. The smallest absolute Gasteiger partial charge is 0.330 e. The van der Waals surface area contributed by atoms with Crippen molar-refractivity contribution >= 4 is 0 Å². The predicted octanol–water partition coefficient (Wildman–Crippen LogP) is 1.47. The summed E-state index contributed by atoms with van der Waals surface area (Å²) in [4.78, 5) is 25.2. The average Bonchev–Trinajstić information content (AvgIpc) is 2.94. The van der Waals surface area contributed by atoms with E-state index in [-0.39, 0.29) is 6.10 Å². The molecule has 2 heterocycles. The number of hydrogen-bond acceptors (Lipinski definition) is 5. The van der Waals surface area contributed by atoms with Gasteiger partial charge in [-0.2, -0.15) is 0 Å². The molecular formula is C17H18N2O5. The van der Waals surface area contributed by atoms with Crippen LogP contribution < -0.4 is 20.7 Å². The molecule has 1 aromatic carbocycles. The standard InChI is InChI=1S/C17H18N2O5/c1-11-9-16(19-8-7-15(20)18-17(19)21)24-14(11)10-23-13-5-3-12(22-2)4-6-13/h3-9,14,16H,10H2,1-2H3,(H,18,20,21)/t14-,16-/m1/s1. The van der Waals surface area contributed by atoms with Gasteiger partial charge in [-0.15, -0.1) is 0 Å². The molecule has 1 aromatic heterocycles. The van der Waals surface area contributed by atoms with Gasteiger partial charge in [0.1, 0.15) is 24.2 Å². The number of rotatable bonds is 5. The first kappa shape index (κ1) is 16.1. The normalized spacial score (nSPS) is 19.8. The average molecular weight is 330 g/mol. The van der Waals surface area contributed by atoms with Crippen LogP contribution in [0.25, 0.3) is 0 Å². The van der Waals surface area contributed by atoms with Crippen LogP contribution in [-0.4, -0.2) is 29.4 Å². The summed E-state index contributed by atoms with van der Waals surface area (Å²) in [6.07, 6.45) is 2.43. The summed E-state index contributed by atoms with van der Waals surface area (Å²) in [5.41, 5.74) is 0.0224. The van der Waals surface area contributed by atoms with E-state index in [2.05, 4.69) is 4.98 Å². The molecule has 0 bridgehead atoms. The maximum Gasteiger partial charge on any atom is 0.330 e. The van der Waals surface area contributed by atoms with Crippen LogP contribution in [0.3, 0.4) is 0 Å². The van der Waals surface area contributed by atoms with Gasteiger partial charge in [0.15, 0.2) is 6.23 Å². The fourth-order valence-electron chi connectivity index (χ4n) is 2.44. The molecule has 24 heavy (non-hydrogen) atoms.